The summed E-state index contributed by atoms with van der Waals surface area (Å²) in [6, 6.07) is 8.73. The van der Waals surface area contributed by atoms with Gasteiger partial charge < -0.3 is 10.1 Å². The Bertz CT molecular complexity index is 351. The Balaban J connectivity index is 1.85. The van der Waals surface area contributed by atoms with E-state index in [1.807, 2.05) is 0 Å². The van der Waals surface area contributed by atoms with Gasteiger partial charge in [0.25, 0.3) is 0 Å². The number of ether oxygens (including phenoxy) is 1. The average Bonchev–Trinajstić information content (AvgIpc) is 2.80. The Kier molecular flexibility index (Phi) is 2.70. The molecule has 3 atom stereocenters. The molecule has 0 radical (unpaired) electrons. The predicted molar refractivity (Wildman–Crippen MR) is 67.7 cm³/mol. The van der Waals surface area contributed by atoms with Crippen molar-refractivity contribution in [2.75, 3.05) is 19.7 Å². The van der Waals surface area contributed by atoms with E-state index in [0.29, 0.717) is 12.0 Å². The van der Waals surface area contributed by atoms with Gasteiger partial charge in [-0.2, -0.15) is 0 Å². The maximum atomic E-state index is 5.90. The minimum atomic E-state index is 0.321. The average molecular weight is 315 g/mol. The summed E-state index contributed by atoms with van der Waals surface area (Å²) in [6.45, 7) is 3.17. The molecule has 0 bridgehead atoms. The summed E-state index contributed by atoms with van der Waals surface area (Å²) in [4.78, 5) is 0. The monoisotopic (exact) mass is 315 g/mol. The van der Waals surface area contributed by atoms with Crippen LogP contribution in [0, 0.1) is 15.4 Å². The number of fused-ring (bicyclic) bond motifs is 1. The van der Waals surface area contributed by atoms with Crippen molar-refractivity contribution >= 4 is 22.6 Å². The molecule has 15 heavy (non-hydrogen) atoms. The second-order valence-corrected chi connectivity index (χ2v) is 5.63. The first kappa shape index (κ1) is 10.1. The molecule has 0 aromatic heterocycles. The number of rotatable bonds is 1. The third-order valence-electron chi connectivity index (χ3n) is 3.47. The normalized spacial score (nSPS) is 34.3. The molecule has 1 aromatic carbocycles. The fourth-order valence-corrected chi connectivity index (χ4v) is 3.00. The van der Waals surface area contributed by atoms with Crippen molar-refractivity contribution in [3.63, 3.8) is 0 Å². The van der Waals surface area contributed by atoms with Gasteiger partial charge >= 0.3 is 0 Å². The Morgan fingerprint density at radius 1 is 1.20 bits per heavy atom. The van der Waals surface area contributed by atoms with Crippen molar-refractivity contribution in [3.05, 3.63) is 33.4 Å². The van der Waals surface area contributed by atoms with Crippen LogP contribution in [0.2, 0.25) is 0 Å². The lowest BCUT2D eigenvalue weighted by atomic mass is 9.90. The number of nitrogens with one attached hydrogen (secondary N) is 1. The first-order valence-corrected chi connectivity index (χ1v) is 6.50. The highest BCUT2D eigenvalue weighted by atomic mass is 127. The summed E-state index contributed by atoms with van der Waals surface area (Å²) >= 11 is 2.34. The van der Waals surface area contributed by atoms with Gasteiger partial charge in [0, 0.05) is 28.5 Å². The van der Waals surface area contributed by atoms with Crippen LogP contribution in [-0.2, 0) is 4.74 Å². The Hall–Kier alpha value is -0.130. The summed E-state index contributed by atoms with van der Waals surface area (Å²) in [5.41, 5.74) is 1.34. The lowest BCUT2D eigenvalue weighted by Gasteiger charge is -2.16. The molecular formula is C12H14INO. The van der Waals surface area contributed by atoms with Crippen LogP contribution in [0.25, 0.3) is 0 Å². The summed E-state index contributed by atoms with van der Waals surface area (Å²) < 4.78 is 7.19. The third-order valence-corrected chi connectivity index (χ3v) is 4.19. The molecule has 0 saturated carbocycles. The van der Waals surface area contributed by atoms with Gasteiger partial charge in [-0.05, 0) is 40.3 Å². The largest absolute Gasteiger partial charge is 0.373 e. The van der Waals surface area contributed by atoms with E-state index < -0.39 is 0 Å². The zero-order chi connectivity index (χ0) is 10.3. The molecule has 0 aliphatic carbocycles. The fraction of sp³-hybridized carbons (Fsp3) is 0.500. The highest BCUT2D eigenvalue weighted by molar-refractivity contribution is 14.1. The van der Waals surface area contributed by atoms with E-state index in [9.17, 15) is 0 Å². The van der Waals surface area contributed by atoms with Crippen LogP contribution in [0.5, 0.6) is 0 Å². The van der Waals surface area contributed by atoms with E-state index in [0.717, 1.165) is 25.6 Å². The predicted octanol–water partition coefficient (Wildman–Crippen LogP) is 2.20. The van der Waals surface area contributed by atoms with Gasteiger partial charge in [0.05, 0.1) is 12.7 Å². The zero-order valence-electron chi connectivity index (χ0n) is 8.45. The van der Waals surface area contributed by atoms with Crippen molar-refractivity contribution in [2.45, 2.75) is 6.10 Å². The highest BCUT2D eigenvalue weighted by Gasteiger charge is 2.40. The molecule has 0 amide bonds. The van der Waals surface area contributed by atoms with Gasteiger partial charge in [-0.3, -0.25) is 0 Å². The second-order valence-electron chi connectivity index (χ2n) is 4.39. The molecular weight excluding hydrogens is 301 g/mol. The van der Waals surface area contributed by atoms with Crippen LogP contribution in [0.3, 0.4) is 0 Å². The summed E-state index contributed by atoms with van der Waals surface area (Å²) in [6.07, 6.45) is 0.321. The summed E-state index contributed by atoms with van der Waals surface area (Å²) in [7, 11) is 0. The highest BCUT2D eigenvalue weighted by Crippen LogP contribution is 2.40. The van der Waals surface area contributed by atoms with Crippen LogP contribution in [0.1, 0.15) is 11.7 Å². The van der Waals surface area contributed by atoms with Gasteiger partial charge in [-0.1, -0.05) is 12.1 Å². The maximum Gasteiger partial charge on any atom is 0.0869 e. The molecule has 1 N–H and O–H groups in total. The van der Waals surface area contributed by atoms with Crippen molar-refractivity contribution in [3.8, 4) is 0 Å². The minimum absolute atomic E-state index is 0.321. The first-order valence-electron chi connectivity index (χ1n) is 5.42. The van der Waals surface area contributed by atoms with Crippen LogP contribution in [0.4, 0.5) is 0 Å². The van der Waals surface area contributed by atoms with Crippen LogP contribution < -0.4 is 5.32 Å². The van der Waals surface area contributed by atoms with E-state index in [2.05, 4.69) is 52.2 Å². The van der Waals surface area contributed by atoms with Crippen LogP contribution >= 0.6 is 22.6 Å². The molecule has 0 spiro atoms. The molecule has 2 saturated heterocycles. The SMILES string of the molecule is Ic1ccc(C2OCC3CNCC32)cc1. The quantitative estimate of drug-likeness (QED) is 0.802. The smallest absolute Gasteiger partial charge is 0.0869 e. The lowest BCUT2D eigenvalue weighted by Crippen LogP contribution is -2.15. The first-order chi connectivity index (χ1) is 7.34. The third kappa shape index (κ3) is 1.81. The van der Waals surface area contributed by atoms with Gasteiger partial charge in [0.2, 0.25) is 0 Å². The van der Waals surface area contributed by atoms with Crippen molar-refractivity contribution in [1.82, 2.24) is 5.32 Å². The zero-order valence-corrected chi connectivity index (χ0v) is 10.6. The van der Waals surface area contributed by atoms with E-state index in [-0.39, 0.29) is 0 Å². The number of hydrogen-bond acceptors (Lipinski definition) is 2. The van der Waals surface area contributed by atoms with Gasteiger partial charge in [0.15, 0.2) is 0 Å². The Morgan fingerprint density at radius 3 is 2.80 bits per heavy atom. The topological polar surface area (TPSA) is 21.3 Å². The number of benzene rings is 1. The lowest BCUT2D eigenvalue weighted by molar-refractivity contribution is 0.0878. The van der Waals surface area contributed by atoms with Crippen molar-refractivity contribution in [1.29, 1.82) is 0 Å². The van der Waals surface area contributed by atoms with E-state index >= 15 is 0 Å². The Labute approximate surface area is 104 Å². The summed E-state index contributed by atoms with van der Waals surface area (Å²) in [5, 5.41) is 3.45. The number of hydrogen-bond donors (Lipinski definition) is 1. The molecule has 2 nitrogen and oxygen atoms in total. The van der Waals surface area contributed by atoms with Crippen LogP contribution in [0.15, 0.2) is 24.3 Å². The fourth-order valence-electron chi connectivity index (χ4n) is 2.64. The standard InChI is InChI=1S/C12H14INO/c13-10-3-1-8(2-4-10)12-11-6-14-5-9(11)7-15-12/h1-4,9,11-12,14H,5-7H2. The minimum Gasteiger partial charge on any atom is -0.373 e. The summed E-state index contributed by atoms with van der Waals surface area (Å²) in [5.74, 6) is 1.42. The van der Waals surface area contributed by atoms with Crippen molar-refractivity contribution in [2.24, 2.45) is 11.8 Å². The second kappa shape index (κ2) is 4.03. The van der Waals surface area contributed by atoms with E-state index in [4.69, 9.17) is 4.74 Å². The van der Waals surface area contributed by atoms with Crippen LogP contribution in [-0.4, -0.2) is 19.7 Å². The van der Waals surface area contributed by atoms with Gasteiger partial charge in [-0.15, -0.1) is 0 Å². The maximum absolute atomic E-state index is 5.90. The van der Waals surface area contributed by atoms with E-state index in [1.54, 1.807) is 0 Å². The molecule has 2 aliphatic heterocycles. The van der Waals surface area contributed by atoms with Gasteiger partial charge in [0.1, 0.15) is 0 Å². The molecule has 3 unspecified atom stereocenters. The molecule has 2 heterocycles. The molecule has 2 fully saturated rings. The molecule has 3 heteroatoms. The van der Waals surface area contributed by atoms with Crippen molar-refractivity contribution < 1.29 is 4.74 Å². The Morgan fingerprint density at radius 2 is 2.00 bits per heavy atom. The molecule has 2 aliphatic rings. The molecule has 3 rings (SSSR count). The number of halogens is 1. The van der Waals surface area contributed by atoms with E-state index in [1.165, 1.54) is 9.13 Å². The molecule has 80 valence electrons. The molecule has 1 aromatic rings. The van der Waals surface area contributed by atoms with Gasteiger partial charge in [-0.25, -0.2) is 0 Å².